The number of anilines is 1. The molecule has 2 bridgehead atoms. The van der Waals surface area contributed by atoms with Crippen LogP contribution in [0.5, 0.6) is 0 Å². The van der Waals surface area contributed by atoms with Crippen LogP contribution in [0.3, 0.4) is 0 Å². The number of hydrogen-bond donors (Lipinski definition) is 1. The van der Waals surface area contributed by atoms with Gasteiger partial charge >= 0.3 is 0 Å². The third-order valence-corrected chi connectivity index (χ3v) is 5.24. The molecule has 2 amide bonds. The number of fused-ring (bicyclic) bond motifs is 4. The Hall–Kier alpha value is -2.60. The van der Waals surface area contributed by atoms with Crippen LogP contribution >= 0.6 is 0 Å². The highest BCUT2D eigenvalue weighted by molar-refractivity contribution is 5.95. The number of nitrogens with zero attached hydrogens (tertiary/aromatic N) is 2. The molecule has 1 aromatic carbocycles. The maximum atomic E-state index is 13.0. The second-order valence-electron chi connectivity index (χ2n) is 6.96. The molecule has 2 aromatic rings. The van der Waals surface area contributed by atoms with E-state index in [4.69, 9.17) is 4.42 Å². The van der Waals surface area contributed by atoms with Gasteiger partial charge in [-0.15, -0.1) is 0 Å². The Labute approximate surface area is 152 Å². The van der Waals surface area contributed by atoms with Gasteiger partial charge in [0.15, 0.2) is 5.76 Å². The van der Waals surface area contributed by atoms with E-state index in [1.165, 1.54) is 6.92 Å². The number of furan rings is 1. The van der Waals surface area contributed by atoms with Gasteiger partial charge in [0.25, 0.3) is 5.91 Å². The molecular formula is C20H23N3O3. The summed E-state index contributed by atoms with van der Waals surface area (Å²) in [6.45, 7) is 5.30. The summed E-state index contributed by atoms with van der Waals surface area (Å²) in [5.41, 5.74) is 1.44. The van der Waals surface area contributed by atoms with Crippen molar-refractivity contribution in [3.63, 3.8) is 0 Å². The van der Waals surface area contributed by atoms with Gasteiger partial charge in [-0.05, 0) is 37.1 Å². The number of piperidine rings is 1. The first-order chi connectivity index (χ1) is 12.6. The summed E-state index contributed by atoms with van der Waals surface area (Å²) in [6, 6.07) is 11.3. The van der Waals surface area contributed by atoms with Crippen LogP contribution < -0.4 is 5.32 Å². The maximum Gasteiger partial charge on any atom is 0.289 e. The van der Waals surface area contributed by atoms with Crippen molar-refractivity contribution in [2.45, 2.75) is 25.8 Å². The van der Waals surface area contributed by atoms with Crippen molar-refractivity contribution < 1.29 is 14.0 Å². The summed E-state index contributed by atoms with van der Waals surface area (Å²) in [4.78, 5) is 28.8. The molecule has 26 heavy (non-hydrogen) atoms. The zero-order valence-electron chi connectivity index (χ0n) is 14.9. The van der Waals surface area contributed by atoms with Gasteiger partial charge in [-0.3, -0.25) is 9.59 Å². The fourth-order valence-corrected chi connectivity index (χ4v) is 3.89. The first kappa shape index (κ1) is 16.8. The van der Waals surface area contributed by atoms with E-state index in [1.807, 2.05) is 29.2 Å². The Bertz CT molecular complexity index is 821. The van der Waals surface area contributed by atoms with Crippen molar-refractivity contribution in [2.24, 2.45) is 0 Å². The van der Waals surface area contributed by atoms with Crippen molar-refractivity contribution >= 4 is 17.5 Å². The van der Waals surface area contributed by atoms with Crippen LogP contribution in [0.15, 0.2) is 40.8 Å². The Kier molecular flexibility index (Phi) is 4.51. The van der Waals surface area contributed by atoms with Gasteiger partial charge in [0.2, 0.25) is 5.91 Å². The van der Waals surface area contributed by atoms with E-state index in [0.717, 1.165) is 44.6 Å². The highest BCUT2D eigenvalue weighted by Crippen LogP contribution is 2.31. The molecule has 3 aliphatic heterocycles. The summed E-state index contributed by atoms with van der Waals surface area (Å²) in [5, 5.41) is 2.80. The predicted octanol–water partition coefficient (Wildman–Crippen LogP) is 2.83. The molecule has 4 heterocycles. The molecule has 3 saturated heterocycles. The minimum atomic E-state index is -0.143. The molecule has 3 aliphatic rings. The molecule has 5 rings (SSSR count). The number of carbonyl (C=O) groups is 2. The molecule has 136 valence electrons. The van der Waals surface area contributed by atoms with Gasteiger partial charge in [0.1, 0.15) is 5.76 Å². The molecule has 0 radical (unpaired) electrons. The van der Waals surface area contributed by atoms with Crippen molar-refractivity contribution in [3.8, 4) is 11.3 Å². The Morgan fingerprint density at radius 2 is 1.81 bits per heavy atom. The third kappa shape index (κ3) is 3.24. The maximum absolute atomic E-state index is 13.0. The van der Waals surface area contributed by atoms with Crippen LogP contribution in [0.1, 0.15) is 30.3 Å². The fraction of sp³-hybridized carbons (Fsp3) is 0.400. The summed E-state index contributed by atoms with van der Waals surface area (Å²) in [5.74, 6) is 0.760. The molecule has 6 heteroatoms. The number of rotatable bonds is 3. The van der Waals surface area contributed by atoms with Gasteiger partial charge in [-0.1, -0.05) is 12.1 Å². The van der Waals surface area contributed by atoms with Crippen molar-refractivity contribution in [1.82, 2.24) is 9.80 Å². The lowest BCUT2D eigenvalue weighted by Crippen LogP contribution is -2.41. The number of carbonyl (C=O) groups excluding carboxylic acids is 2. The van der Waals surface area contributed by atoms with E-state index in [1.54, 1.807) is 12.1 Å². The van der Waals surface area contributed by atoms with Crippen LogP contribution in [0.2, 0.25) is 0 Å². The highest BCUT2D eigenvalue weighted by Gasteiger charge is 2.33. The topological polar surface area (TPSA) is 65.8 Å². The molecule has 0 unspecified atom stereocenters. The summed E-state index contributed by atoms with van der Waals surface area (Å²) in [6.07, 6.45) is 2.06. The van der Waals surface area contributed by atoms with E-state index in [0.29, 0.717) is 23.2 Å². The SMILES string of the molecule is CC(=O)Nc1ccccc1-c1ccc(C(=O)N2CCN3CCC2CC3)o1. The van der Waals surface area contributed by atoms with E-state index >= 15 is 0 Å². The molecular weight excluding hydrogens is 330 g/mol. The molecule has 0 atom stereocenters. The molecule has 1 N–H and O–H groups in total. The van der Waals surface area contributed by atoms with E-state index in [2.05, 4.69) is 10.2 Å². The largest absolute Gasteiger partial charge is 0.451 e. The Morgan fingerprint density at radius 3 is 2.58 bits per heavy atom. The highest BCUT2D eigenvalue weighted by atomic mass is 16.4. The van der Waals surface area contributed by atoms with Crippen LogP contribution in [0, 0.1) is 0 Å². The van der Waals surface area contributed by atoms with Gasteiger partial charge in [-0.2, -0.15) is 0 Å². The quantitative estimate of drug-likeness (QED) is 0.921. The Morgan fingerprint density at radius 1 is 1.04 bits per heavy atom. The first-order valence-corrected chi connectivity index (χ1v) is 9.12. The van der Waals surface area contributed by atoms with Crippen molar-refractivity contribution in [1.29, 1.82) is 0 Å². The van der Waals surface area contributed by atoms with E-state index < -0.39 is 0 Å². The number of nitrogens with one attached hydrogen (secondary N) is 1. The molecule has 3 fully saturated rings. The minimum Gasteiger partial charge on any atom is -0.451 e. The van der Waals surface area contributed by atoms with Crippen molar-refractivity contribution in [2.75, 3.05) is 31.5 Å². The molecule has 0 aliphatic carbocycles. The molecule has 0 saturated carbocycles. The van der Waals surface area contributed by atoms with Crippen LogP contribution in [0.25, 0.3) is 11.3 Å². The van der Waals surface area contributed by atoms with Gasteiger partial charge in [0.05, 0.1) is 5.69 Å². The average molecular weight is 353 g/mol. The smallest absolute Gasteiger partial charge is 0.289 e. The molecule has 1 aromatic heterocycles. The lowest BCUT2D eigenvalue weighted by atomic mass is 10.1. The third-order valence-electron chi connectivity index (χ3n) is 5.24. The number of benzene rings is 1. The molecule has 0 spiro atoms. The summed E-state index contributed by atoms with van der Waals surface area (Å²) < 4.78 is 5.90. The van der Waals surface area contributed by atoms with Crippen molar-refractivity contribution in [3.05, 3.63) is 42.2 Å². The second kappa shape index (κ2) is 6.96. The van der Waals surface area contributed by atoms with Gasteiger partial charge in [0, 0.05) is 44.7 Å². The number of para-hydroxylation sites is 1. The van der Waals surface area contributed by atoms with E-state index in [-0.39, 0.29) is 11.8 Å². The standard InChI is InChI=1S/C20H23N3O3/c1-14(24)21-17-5-3-2-4-16(17)18-6-7-19(26-18)20(25)23-13-12-22-10-8-15(23)9-11-22/h2-7,15H,8-13H2,1H3,(H,21,24). The lowest BCUT2D eigenvalue weighted by molar-refractivity contribution is -0.114. The van der Waals surface area contributed by atoms with Crippen LogP contribution in [-0.2, 0) is 4.79 Å². The lowest BCUT2D eigenvalue weighted by Gasteiger charge is -2.30. The minimum absolute atomic E-state index is 0.0398. The average Bonchev–Trinajstić information content (AvgIpc) is 2.94. The monoisotopic (exact) mass is 353 g/mol. The van der Waals surface area contributed by atoms with Gasteiger partial charge in [-0.25, -0.2) is 0 Å². The van der Waals surface area contributed by atoms with E-state index in [9.17, 15) is 9.59 Å². The fourth-order valence-electron chi connectivity index (χ4n) is 3.89. The second-order valence-corrected chi connectivity index (χ2v) is 6.96. The zero-order chi connectivity index (χ0) is 18.1. The predicted molar refractivity (Wildman–Crippen MR) is 98.9 cm³/mol. The number of amides is 2. The van der Waals surface area contributed by atoms with Gasteiger partial charge < -0.3 is 19.5 Å². The zero-order valence-corrected chi connectivity index (χ0v) is 14.9. The Balaban J connectivity index is 1.58. The summed E-state index contributed by atoms with van der Waals surface area (Å²) >= 11 is 0. The first-order valence-electron chi connectivity index (χ1n) is 9.12. The summed E-state index contributed by atoms with van der Waals surface area (Å²) in [7, 11) is 0. The normalized spacial score (nSPS) is 22.1. The molecule has 6 nitrogen and oxygen atoms in total. The van der Waals surface area contributed by atoms with Crippen LogP contribution in [-0.4, -0.2) is 53.8 Å². The van der Waals surface area contributed by atoms with Crippen LogP contribution in [0.4, 0.5) is 5.69 Å². The number of hydrogen-bond acceptors (Lipinski definition) is 4.